The molecule has 1 aliphatic rings. The van der Waals surface area contributed by atoms with Crippen LogP contribution < -0.4 is 0 Å². The van der Waals surface area contributed by atoms with Crippen LogP contribution in [0.15, 0.2) is 64.7 Å². The monoisotopic (exact) mass is 326 g/mol. The number of benzene rings is 2. The molecule has 3 heteroatoms. The zero-order valence-corrected chi connectivity index (χ0v) is 12.2. The number of carbonyl (C=O) groups is 2. The van der Waals surface area contributed by atoms with Gasteiger partial charge in [0.25, 0.3) is 0 Å². The first kappa shape index (κ1) is 13.0. The molecule has 2 nitrogen and oxygen atoms in total. The predicted octanol–water partition coefficient (Wildman–Crippen LogP) is 4.00. The summed E-state index contributed by atoms with van der Waals surface area (Å²) in [5.74, 6) is -0.154. The Balaban J connectivity index is 1.99. The van der Waals surface area contributed by atoms with Crippen molar-refractivity contribution in [3.8, 4) is 0 Å². The summed E-state index contributed by atoms with van der Waals surface area (Å²) >= 11 is 3.47. The molecule has 98 valence electrons. The van der Waals surface area contributed by atoms with Crippen molar-refractivity contribution < 1.29 is 9.59 Å². The van der Waals surface area contributed by atoms with Crippen LogP contribution in [0.5, 0.6) is 0 Å². The van der Waals surface area contributed by atoms with E-state index in [-0.39, 0.29) is 11.6 Å². The van der Waals surface area contributed by atoms with Crippen molar-refractivity contribution in [1.82, 2.24) is 0 Å². The molecule has 0 aromatic heterocycles. The van der Waals surface area contributed by atoms with Gasteiger partial charge in [0.15, 0.2) is 11.6 Å². The smallest absolute Gasteiger partial charge is 0.190 e. The van der Waals surface area contributed by atoms with Crippen LogP contribution in [0.2, 0.25) is 0 Å². The van der Waals surface area contributed by atoms with Crippen LogP contribution in [-0.4, -0.2) is 11.6 Å². The first-order valence-corrected chi connectivity index (χ1v) is 7.08. The molecule has 2 aromatic rings. The lowest BCUT2D eigenvalue weighted by Gasteiger charge is -2.15. The highest BCUT2D eigenvalue weighted by molar-refractivity contribution is 9.10. The fraction of sp³-hybridized carbons (Fsp3) is 0.0588. The summed E-state index contributed by atoms with van der Waals surface area (Å²) in [5.41, 5.74) is 2.54. The number of ketones is 2. The maximum Gasteiger partial charge on any atom is 0.190 e. The van der Waals surface area contributed by atoms with Gasteiger partial charge >= 0.3 is 0 Å². The van der Waals surface area contributed by atoms with Crippen molar-refractivity contribution in [2.75, 3.05) is 0 Å². The summed E-state index contributed by atoms with van der Waals surface area (Å²) in [6.07, 6.45) is 1.92. The molecule has 0 bridgehead atoms. The Morgan fingerprint density at radius 1 is 0.850 bits per heavy atom. The third kappa shape index (κ3) is 2.25. The molecule has 0 radical (unpaired) electrons. The van der Waals surface area contributed by atoms with Crippen molar-refractivity contribution in [3.63, 3.8) is 0 Å². The minimum absolute atomic E-state index is 0.0593. The highest BCUT2D eigenvalue weighted by Gasteiger charge is 2.25. The van der Waals surface area contributed by atoms with Gasteiger partial charge < -0.3 is 0 Å². The van der Waals surface area contributed by atoms with Gasteiger partial charge in [-0.15, -0.1) is 0 Å². The summed E-state index contributed by atoms with van der Waals surface area (Å²) in [6, 6.07) is 14.7. The van der Waals surface area contributed by atoms with Crippen molar-refractivity contribution in [2.24, 2.45) is 0 Å². The quantitative estimate of drug-likeness (QED) is 0.836. The molecular weight excluding hydrogens is 316 g/mol. The zero-order chi connectivity index (χ0) is 14.1. The summed E-state index contributed by atoms with van der Waals surface area (Å²) in [5, 5.41) is 0. The number of fused-ring (bicyclic) bond motifs is 1. The normalized spacial score (nSPS) is 13.9. The number of hydrogen-bond donors (Lipinski definition) is 0. The predicted molar refractivity (Wildman–Crippen MR) is 81.0 cm³/mol. The minimum atomic E-state index is -0.0951. The van der Waals surface area contributed by atoms with Crippen LogP contribution in [0.4, 0.5) is 0 Å². The van der Waals surface area contributed by atoms with E-state index in [0.717, 1.165) is 10.0 Å². The van der Waals surface area contributed by atoms with E-state index in [1.165, 1.54) is 6.08 Å². The molecule has 0 fully saturated rings. The van der Waals surface area contributed by atoms with Gasteiger partial charge in [-0.1, -0.05) is 58.4 Å². The number of rotatable bonds is 2. The first-order chi connectivity index (χ1) is 9.66. The number of hydrogen-bond acceptors (Lipinski definition) is 2. The Kier molecular flexibility index (Phi) is 3.36. The van der Waals surface area contributed by atoms with Crippen molar-refractivity contribution in [2.45, 2.75) is 6.42 Å². The fourth-order valence-corrected chi connectivity index (χ4v) is 2.77. The molecule has 0 heterocycles. The summed E-state index contributed by atoms with van der Waals surface area (Å²) in [7, 11) is 0. The van der Waals surface area contributed by atoms with Gasteiger partial charge in [-0.05, 0) is 17.7 Å². The first-order valence-electron chi connectivity index (χ1n) is 6.29. The summed E-state index contributed by atoms with van der Waals surface area (Å²) < 4.78 is 0.944. The van der Waals surface area contributed by atoms with E-state index in [2.05, 4.69) is 15.9 Å². The van der Waals surface area contributed by atoms with Gasteiger partial charge in [0.05, 0.1) is 0 Å². The van der Waals surface area contributed by atoms with Gasteiger partial charge in [-0.3, -0.25) is 9.59 Å². The van der Waals surface area contributed by atoms with Crippen LogP contribution in [0.1, 0.15) is 26.3 Å². The lowest BCUT2D eigenvalue weighted by atomic mass is 9.87. The molecule has 0 aliphatic heterocycles. The van der Waals surface area contributed by atoms with Crippen LogP contribution in [0, 0.1) is 0 Å². The van der Waals surface area contributed by atoms with E-state index in [1.807, 2.05) is 24.3 Å². The Bertz CT molecular complexity index is 744. The number of carbonyl (C=O) groups excluding carboxylic acids is 2. The highest BCUT2D eigenvalue weighted by atomic mass is 79.9. The maximum atomic E-state index is 12.4. The van der Waals surface area contributed by atoms with Crippen molar-refractivity contribution in [3.05, 3.63) is 81.3 Å². The van der Waals surface area contributed by atoms with E-state index in [9.17, 15) is 9.59 Å². The largest absolute Gasteiger partial charge is 0.289 e. The molecule has 0 saturated heterocycles. The van der Waals surface area contributed by atoms with Gasteiger partial charge in [0.2, 0.25) is 0 Å². The molecule has 0 unspecified atom stereocenters. The fourth-order valence-electron chi connectivity index (χ4n) is 2.35. The Hall–Kier alpha value is -2.00. The lowest BCUT2D eigenvalue weighted by Crippen LogP contribution is -2.18. The van der Waals surface area contributed by atoms with Crippen LogP contribution in [0.3, 0.4) is 0 Å². The third-order valence-electron chi connectivity index (χ3n) is 3.37. The number of allylic oxidation sites excluding steroid dienone is 2. The van der Waals surface area contributed by atoms with Gasteiger partial charge in [0.1, 0.15) is 0 Å². The standard InChI is InChI=1S/C17H11BrO2/c18-15-8-4-1-5-11(15)9-12-10-16(19)13-6-2-3-7-14(13)17(12)20/h1-8,10H,9H2. The maximum absolute atomic E-state index is 12.4. The van der Waals surface area contributed by atoms with E-state index in [1.54, 1.807) is 24.3 Å². The highest BCUT2D eigenvalue weighted by Crippen LogP contribution is 2.26. The van der Waals surface area contributed by atoms with Gasteiger partial charge in [0, 0.05) is 27.6 Å². The molecule has 20 heavy (non-hydrogen) atoms. The number of Topliss-reactive ketones (excluding diaryl/α,β-unsaturated/α-hetero) is 1. The van der Waals surface area contributed by atoms with Gasteiger partial charge in [-0.2, -0.15) is 0 Å². The average molecular weight is 327 g/mol. The van der Waals surface area contributed by atoms with Crippen LogP contribution in [0.25, 0.3) is 0 Å². The molecular formula is C17H11BrO2. The molecule has 0 spiro atoms. The van der Waals surface area contributed by atoms with E-state index in [4.69, 9.17) is 0 Å². The number of halogens is 1. The molecule has 0 atom stereocenters. The van der Waals surface area contributed by atoms with E-state index in [0.29, 0.717) is 23.1 Å². The van der Waals surface area contributed by atoms with Crippen molar-refractivity contribution in [1.29, 1.82) is 0 Å². The molecule has 0 amide bonds. The van der Waals surface area contributed by atoms with E-state index >= 15 is 0 Å². The van der Waals surface area contributed by atoms with E-state index < -0.39 is 0 Å². The second kappa shape index (κ2) is 5.17. The summed E-state index contributed by atoms with van der Waals surface area (Å²) in [4.78, 5) is 24.5. The molecule has 2 aromatic carbocycles. The molecule has 0 saturated carbocycles. The third-order valence-corrected chi connectivity index (χ3v) is 4.15. The zero-order valence-electron chi connectivity index (χ0n) is 10.6. The van der Waals surface area contributed by atoms with Crippen LogP contribution >= 0.6 is 15.9 Å². The van der Waals surface area contributed by atoms with Crippen molar-refractivity contribution >= 4 is 27.5 Å². The Morgan fingerprint density at radius 2 is 1.50 bits per heavy atom. The second-order valence-electron chi connectivity index (χ2n) is 4.68. The lowest BCUT2D eigenvalue weighted by molar-refractivity contribution is 0.0982. The SMILES string of the molecule is O=C1C=C(Cc2ccccc2Br)C(=O)c2ccccc21. The molecule has 1 aliphatic carbocycles. The minimum Gasteiger partial charge on any atom is -0.289 e. The molecule has 3 rings (SSSR count). The average Bonchev–Trinajstić information content (AvgIpc) is 2.47. The Labute approximate surface area is 125 Å². The van der Waals surface area contributed by atoms with Gasteiger partial charge in [-0.25, -0.2) is 0 Å². The second-order valence-corrected chi connectivity index (χ2v) is 5.53. The topological polar surface area (TPSA) is 34.1 Å². The molecule has 0 N–H and O–H groups in total. The summed E-state index contributed by atoms with van der Waals surface area (Å²) in [6.45, 7) is 0. The van der Waals surface area contributed by atoms with Crippen LogP contribution in [-0.2, 0) is 6.42 Å². The Morgan fingerprint density at radius 3 is 2.25 bits per heavy atom.